The molecule has 17 heavy (non-hydrogen) atoms. The number of hydrogen-bond donors (Lipinski definition) is 0. The van der Waals surface area contributed by atoms with Gasteiger partial charge in [0.15, 0.2) is 5.54 Å². The maximum Gasteiger partial charge on any atom is 0.336 e. The molecule has 4 heteroatoms. The Hall–Kier alpha value is -1.47. The van der Waals surface area contributed by atoms with Gasteiger partial charge in [-0.1, -0.05) is 36.4 Å². The van der Waals surface area contributed by atoms with E-state index in [0.29, 0.717) is 6.42 Å². The van der Waals surface area contributed by atoms with Gasteiger partial charge >= 0.3 is 5.97 Å². The Labute approximate surface area is 103 Å². The summed E-state index contributed by atoms with van der Waals surface area (Å²) in [5, 5.41) is 0. The highest BCUT2D eigenvalue weighted by molar-refractivity contribution is 7.10. The fraction of sp³-hybridized carbons (Fsp3) is 0.231. The first kappa shape index (κ1) is 12.0. The molecule has 0 aromatic heterocycles. The van der Waals surface area contributed by atoms with E-state index in [2.05, 4.69) is 11.6 Å². The van der Waals surface area contributed by atoms with Crippen LogP contribution in [0.1, 0.15) is 12.0 Å². The molecule has 0 aliphatic heterocycles. The zero-order chi connectivity index (χ0) is 12.3. The van der Waals surface area contributed by atoms with Gasteiger partial charge in [-0.15, -0.1) is 6.58 Å². The second kappa shape index (κ2) is 4.80. The predicted octanol–water partition coefficient (Wildman–Crippen LogP) is 2.38. The van der Waals surface area contributed by atoms with Crippen LogP contribution in [0.25, 0.3) is 0 Å². The minimum absolute atomic E-state index is 0.0792. The maximum absolute atomic E-state index is 11.7. The van der Waals surface area contributed by atoms with Crippen molar-refractivity contribution in [2.24, 2.45) is 10.9 Å². The molecule has 1 saturated carbocycles. The van der Waals surface area contributed by atoms with Crippen LogP contribution >= 0.6 is 9.47 Å². The van der Waals surface area contributed by atoms with Crippen LogP contribution in [0.15, 0.2) is 48.0 Å². The van der Waals surface area contributed by atoms with Gasteiger partial charge in [0.25, 0.3) is 0 Å². The largest absolute Gasteiger partial charge is 0.450 e. The van der Waals surface area contributed by atoms with E-state index in [4.69, 9.17) is 4.52 Å². The van der Waals surface area contributed by atoms with E-state index in [1.165, 1.54) is 0 Å². The fourth-order valence-corrected chi connectivity index (χ4v) is 2.03. The lowest BCUT2D eigenvalue weighted by atomic mass is 10.2. The second-order valence-electron chi connectivity index (χ2n) is 4.04. The third kappa shape index (κ3) is 2.29. The van der Waals surface area contributed by atoms with Gasteiger partial charge < -0.3 is 4.52 Å². The fourth-order valence-electron chi connectivity index (χ4n) is 1.82. The average Bonchev–Trinajstić information content (AvgIpc) is 3.12. The van der Waals surface area contributed by atoms with Gasteiger partial charge in [-0.2, -0.15) is 0 Å². The first-order chi connectivity index (χ1) is 8.23. The Bertz CT molecular complexity index is 458. The Balaban J connectivity index is 2.18. The molecule has 1 fully saturated rings. The SMILES string of the molecule is C=CC1CC1(N=Cc1ccccc1)C(=O)OP. The summed E-state index contributed by atoms with van der Waals surface area (Å²) in [7, 11) is 1.98. The number of carbonyl (C=O) groups excluding carboxylic acids is 1. The molecular formula is C13H14NO2P. The lowest BCUT2D eigenvalue weighted by Crippen LogP contribution is -2.23. The van der Waals surface area contributed by atoms with Crippen molar-refractivity contribution >= 4 is 21.7 Å². The minimum atomic E-state index is -0.751. The van der Waals surface area contributed by atoms with Crippen LogP contribution in [0.5, 0.6) is 0 Å². The maximum atomic E-state index is 11.7. The van der Waals surface area contributed by atoms with Crippen molar-refractivity contribution in [3.05, 3.63) is 48.6 Å². The van der Waals surface area contributed by atoms with Crippen molar-refractivity contribution < 1.29 is 9.32 Å². The first-order valence-electron chi connectivity index (χ1n) is 5.37. The number of rotatable bonds is 4. The molecule has 3 atom stereocenters. The lowest BCUT2D eigenvalue weighted by Gasteiger charge is -2.07. The Morgan fingerprint density at radius 3 is 2.76 bits per heavy atom. The van der Waals surface area contributed by atoms with Gasteiger partial charge in [-0.05, 0) is 12.0 Å². The molecule has 0 saturated heterocycles. The summed E-state index contributed by atoms with van der Waals surface area (Å²) >= 11 is 0. The van der Waals surface area contributed by atoms with Crippen molar-refractivity contribution in [3.63, 3.8) is 0 Å². The first-order valence-corrected chi connectivity index (χ1v) is 5.84. The van der Waals surface area contributed by atoms with Crippen LogP contribution in [-0.2, 0) is 9.32 Å². The lowest BCUT2D eigenvalue weighted by molar-refractivity contribution is -0.135. The molecule has 88 valence electrons. The smallest absolute Gasteiger partial charge is 0.336 e. The van der Waals surface area contributed by atoms with Crippen LogP contribution in [0.4, 0.5) is 0 Å². The third-order valence-corrected chi connectivity index (χ3v) is 3.19. The number of carbonyl (C=O) groups is 1. The molecule has 1 aromatic carbocycles. The third-order valence-electron chi connectivity index (χ3n) is 2.97. The highest BCUT2D eigenvalue weighted by Gasteiger charge is 2.59. The molecule has 2 rings (SSSR count). The van der Waals surface area contributed by atoms with Gasteiger partial charge in [-0.3, -0.25) is 4.99 Å². The summed E-state index contributed by atoms with van der Waals surface area (Å²) in [6.07, 6.45) is 4.14. The summed E-state index contributed by atoms with van der Waals surface area (Å²) in [5.41, 5.74) is 0.220. The summed E-state index contributed by atoms with van der Waals surface area (Å²) < 4.78 is 4.71. The normalized spacial score (nSPS) is 26.8. The topological polar surface area (TPSA) is 38.7 Å². The van der Waals surface area contributed by atoms with E-state index in [-0.39, 0.29) is 11.9 Å². The molecule has 0 bridgehead atoms. The number of aliphatic imine (C=N–C) groups is 1. The van der Waals surface area contributed by atoms with E-state index in [9.17, 15) is 4.79 Å². The molecule has 0 radical (unpaired) electrons. The zero-order valence-electron chi connectivity index (χ0n) is 9.37. The Kier molecular flexibility index (Phi) is 3.39. The van der Waals surface area contributed by atoms with Crippen molar-refractivity contribution in [2.75, 3.05) is 0 Å². The van der Waals surface area contributed by atoms with E-state index in [1.54, 1.807) is 12.3 Å². The van der Waals surface area contributed by atoms with E-state index in [0.717, 1.165) is 5.56 Å². The van der Waals surface area contributed by atoms with Crippen LogP contribution in [0, 0.1) is 5.92 Å². The molecule has 3 unspecified atom stereocenters. The van der Waals surface area contributed by atoms with Gasteiger partial charge in [-0.25, -0.2) is 4.79 Å². The summed E-state index contributed by atoms with van der Waals surface area (Å²) in [6.45, 7) is 3.70. The van der Waals surface area contributed by atoms with Crippen LogP contribution < -0.4 is 0 Å². The summed E-state index contributed by atoms with van der Waals surface area (Å²) in [4.78, 5) is 16.1. The highest BCUT2D eigenvalue weighted by Crippen LogP contribution is 2.49. The molecule has 0 N–H and O–H groups in total. The molecule has 0 heterocycles. The van der Waals surface area contributed by atoms with Crippen molar-refractivity contribution in [3.8, 4) is 0 Å². The van der Waals surface area contributed by atoms with E-state index >= 15 is 0 Å². The Morgan fingerprint density at radius 1 is 1.53 bits per heavy atom. The van der Waals surface area contributed by atoms with Crippen LogP contribution in [-0.4, -0.2) is 17.7 Å². The van der Waals surface area contributed by atoms with E-state index < -0.39 is 5.54 Å². The predicted molar refractivity (Wildman–Crippen MR) is 70.9 cm³/mol. The number of hydrogen-bond acceptors (Lipinski definition) is 3. The van der Waals surface area contributed by atoms with Crippen molar-refractivity contribution in [1.29, 1.82) is 0 Å². The molecule has 1 aromatic rings. The average molecular weight is 247 g/mol. The van der Waals surface area contributed by atoms with Crippen molar-refractivity contribution in [1.82, 2.24) is 0 Å². The Morgan fingerprint density at radius 2 is 2.24 bits per heavy atom. The quantitative estimate of drug-likeness (QED) is 0.465. The number of nitrogens with zero attached hydrogens (tertiary/aromatic N) is 1. The van der Waals surface area contributed by atoms with Gasteiger partial charge in [0, 0.05) is 12.1 Å². The molecule has 1 aliphatic rings. The van der Waals surface area contributed by atoms with E-state index in [1.807, 2.05) is 39.8 Å². The standard InChI is InChI=1S/C13H14NO2P/c1-2-11-8-13(11,12(15)16-17)14-9-10-6-4-3-5-7-10/h2-7,9,11H,1,8,17H2. The monoisotopic (exact) mass is 247 g/mol. The molecule has 0 amide bonds. The summed E-state index contributed by atoms with van der Waals surface area (Å²) in [6, 6.07) is 9.68. The minimum Gasteiger partial charge on any atom is -0.450 e. The van der Waals surface area contributed by atoms with Crippen LogP contribution in [0.2, 0.25) is 0 Å². The van der Waals surface area contributed by atoms with Gasteiger partial charge in [0.2, 0.25) is 0 Å². The highest BCUT2D eigenvalue weighted by atomic mass is 31.0. The van der Waals surface area contributed by atoms with Crippen LogP contribution in [0.3, 0.4) is 0 Å². The second-order valence-corrected chi connectivity index (χ2v) is 4.28. The zero-order valence-corrected chi connectivity index (χ0v) is 10.5. The number of benzene rings is 1. The molecule has 1 aliphatic carbocycles. The van der Waals surface area contributed by atoms with Gasteiger partial charge in [0.1, 0.15) is 0 Å². The summed E-state index contributed by atoms with van der Waals surface area (Å²) in [5.74, 6) is -0.241. The van der Waals surface area contributed by atoms with Gasteiger partial charge in [0.05, 0.1) is 9.47 Å². The molecule has 3 nitrogen and oxygen atoms in total. The molecule has 0 spiro atoms. The molecular weight excluding hydrogens is 233 g/mol. The van der Waals surface area contributed by atoms with Crippen molar-refractivity contribution in [2.45, 2.75) is 12.0 Å².